The van der Waals surface area contributed by atoms with E-state index >= 15 is 0 Å². The van der Waals surface area contributed by atoms with Crippen LogP contribution in [0.2, 0.25) is 0 Å². The Labute approximate surface area is 115 Å². The molecular formula is C13H15BrN4. The van der Waals surface area contributed by atoms with Gasteiger partial charge in [0.05, 0.1) is 6.54 Å². The molecule has 3 N–H and O–H groups in total. The first-order valence-corrected chi connectivity index (χ1v) is 6.57. The molecule has 0 atom stereocenters. The maximum Gasteiger partial charge on any atom is 0.144 e. The summed E-state index contributed by atoms with van der Waals surface area (Å²) in [6.07, 6.45) is 2.67. The highest BCUT2D eigenvalue weighted by atomic mass is 79.9. The molecule has 4 nitrogen and oxygen atoms in total. The molecule has 2 rings (SSSR count). The molecule has 0 aliphatic carbocycles. The van der Waals surface area contributed by atoms with Crippen molar-refractivity contribution in [1.82, 2.24) is 9.97 Å². The van der Waals surface area contributed by atoms with Gasteiger partial charge in [-0.05, 0) is 30.2 Å². The van der Waals surface area contributed by atoms with E-state index in [1.165, 1.54) is 5.56 Å². The Bertz CT molecular complexity index is 499. The van der Waals surface area contributed by atoms with Crippen molar-refractivity contribution < 1.29 is 0 Å². The van der Waals surface area contributed by atoms with Gasteiger partial charge in [-0.25, -0.2) is 9.97 Å². The van der Waals surface area contributed by atoms with Crippen LogP contribution in [0.1, 0.15) is 11.4 Å². The van der Waals surface area contributed by atoms with Crippen molar-refractivity contribution in [2.45, 2.75) is 13.0 Å². The minimum atomic E-state index is 0.363. The molecule has 94 valence electrons. The van der Waals surface area contributed by atoms with Gasteiger partial charge in [-0.3, -0.25) is 0 Å². The van der Waals surface area contributed by atoms with Gasteiger partial charge >= 0.3 is 0 Å². The lowest BCUT2D eigenvalue weighted by Crippen LogP contribution is -2.09. The normalized spacial score (nSPS) is 10.3. The van der Waals surface area contributed by atoms with Crippen LogP contribution in [-0.4, -0.2) is 16.5 Å². The molecule has 1 aromatic carbocycles. The zero-order chi connectivity index (χ0) is 12.8. The lowest BCUT2D eigenvalue weighted by Gasteiger charge is -2.06. The zero-order valence-electron chi connectivity index (χ0n) is 9.94. The second-order valence-corrected chi connectivity index (χ2v) is 4.78. The number of rotatable bonds is 5. The van der Waals surface area contributed by atoms with Crippen LogP contribution in [0.4, 0.5) is 5.82 Å². The van der Waals surface area contributed by atoms with E-state index in [4.69, 9.17) is 5.73 Å². The van der Waals surface area contributed by atoms with Gasteiger partial charge in [-0.15, -0.1) is 0 Å². The fourth-order valence-corrected chi connectivity index (χ4v) is 1.85. The molecule has 0 radical (unpaired) electrons. The van der Waals surface area contributed by atoms with Crippen LogP contribution in [0.15, 0.2) is 41.0 Å². The van der Waals surface area contributed by atoms with Gasteiger partial charge in [0.1, 0.15) is 11.6 Å². The molecule has 0 fully saturated rings. The minimum Gasteiger partial charge on any atom is -0.370 e. The molecule has 5 heteroatoms. The number of anilines is 1. The summed E-state index contributed by atoms with van der Waals surface area (Å²) in [5.41, 5.74) is 6.79. The molecule has 1 heterocycles. The van der Waals surface area contributed by atoms with Crippen LogP contribution >= 0.6 is 15.9 Å². The van der Waals surface area contributed by atoms with Crippen molar-refractivity contribution in [2.24, 2.45) is 5.73 Å². The molecule has 0 bridgehead atoms. The molecule has 18 heavy (non-hydrogen) atoms. The summed E-state index contributed by atoms with van der Waals surface area (Å²) in [5, 5.41) is 3.26. The number of halogens is 1. The second kappa shape index (κ2) is 6.47. The van der Waals surface area contributed by atoms with Gasteiger partial charge in [-0.2, -0.15) is 0 Å². The summed E-state index contributed by atoms with van der Waals surface area (Å²) >= 11 is 3.42. The third-order valence-corrected chi connectivity index (χ3v) is 3.05. The maximum atomic E-state index is 5.50. The van der Waals surface area contributed by atoms with Crippen molar-refractivity contribution in [3.63, 3.8) is 0 Å². The van der Waals surface area contributed by atoms with Gasteiger partial charge in [0.2, 0.25) is 0 Å². The van der Waals surface area contributed by atoms with Gasteiger partial charge in [0.15, 0.2) is 0 Å². The fourth-order valence-electron chi connectivity index (χ4n) is 1.58. The lowest BCUT2D eigenvalue weighted by atomic mass is 10.1. The third kappa shape index (κ3) is 3.78. The van der Waals surface area contributed by atoms with E-state index in [0.29, 0.717) is 12.4 Å². The lowest BCUT2D eigenvalue weighted by molar-refractivity contribution is 0.900. The van der Waals surface area contributed by atoms with Gasteiger partial charge in [0.25, 0.3) is 0 Å². The minimum absolute atomic E-state index is 0.363. The van der Waals surface area contributed by atoms with Crippen molar-refractivity contribution in [3.8, 4) is 0 Å². The van der Waals surface area contributed by atoms with Crippen molar-refractivity contribution in [2.75, 3.05) is 11.9 Å². The average molecular weight is 307 g/mol. The third-order valence-electron chi connectivity index (χ3n) is 2.52. The van der Waals surface area contributed by atoms with Crippen molar-refractivity contribution in [3.05, 3.63) is 52.4 Å². The Morgan fingerprint density at radius 3 is 2.67 bits per heavy atom. The average Bonchev–Trinajstić information content (AvgIpc) is 2.41. The van der Waals surface area contributed by atoms with E-state index in [2.05, 4.69) is 43.3 Å². The first kappa shape index (κ1) is 13.0. The van der Waals surface area contributed by atoms with Crippen LogP contribution < -0.4 is 11.1 Å². The van der Waals surface area contributed by atoms with Crippen LogP contribution in [0.3, 0.4) is 0 Å². The highest BCUT2D eigenvalue weighted by Crippen LogP contribution is 2.11. The van der Waals surface area contributed by atoms with E-state index < -0.39 is 0 Å². The van der Waals surface area contributed by atoms with Crippen LogP contribution in [0.25, 0.3) is 0 Å². The second-order valence-electron chi connectivity index (χ2n) is 3.87. The fraction of sp³-hybridized carbons (Fsp3) is 0.231. The zero-order valence-corrected chi connectivity index (χ0v) is 11.5. The van der Waals surface area contributed by atoms with Crippen LogP contribution in [-0.2, 0) is 13.0 Å². The van der Waals surface area contributed by atoms with E-state index in [0.717, 1.165) is 23.3 Å². The summed E-state index contributed by atoms with van der Waals surface area (Å²) < 4.78 is 1.10. The van der Waals surface area contributed by atoms with Crippen molar-refractivity contribution in [1.29, 1.82) is 0 Å². The number of nitrogens with two attached hydrogens (primary N) is 1. The number of nitrogens with one attached hydrogen (secondary N) is 1. The Morgan fingerprint density at radius 1 is 1.17 bits per heavy atom. The molecular weight excluding hydrogens is 292 g/mol. The molecule has 0 saturated carbocycles. The molecule has 0 aliphatic rings. The van der Waals surface area contributed by atoms with Crippen LogP contribution in [0, 0.1) is 0 Å². The summed E-state index contributed by atoms with van der Waals surface area (Å²) in [5.74, 6) is 1.48. The molecule has 2 aromatic rings. The predicted octanol–water partition coefficient (Wildman–Crippen LogP) is 2.35. The molecule has 0 unspecified atom stereocenters. The largest absolute Gasteiger partial charge is 0.370 e. The first-order chi connectivity index (χ1) is 8.78. The summed E-state index contributed by atoms with van der Waals surface area (Å²) in [6.45, 7) is 1.20. The number of hydrogen-bond donors (Lipinski definition) is 2. The summed E-state index contributed by atoms with van der Waals surface area (Å²) in [7, 11) is 0. The summed E-state index contributed by atoms with van der Waals surface area (Å²) in [6, 6.07) is 10.2. The monoisotopic (exact) mass is 306 g/mol. The topological polar surface area (TPSA) is 63.8 Å². The Hall–Kier alpha value is -1.46. The highest BCUT2D eigenvalue weighted by molar-refractivity contribution is 9.10. The van der Waals surface area contributed by atoms with E-state index in [9.17, 15) is 0 Å². The van der Waals surface area contributed by atoms with Gasteiger partial charge < -0.3 is 11.1 Å². The molecule has 0 amide bonds. The van der Waals surface area contributed by atoms with Crippen molar-refractivity contribution >= 4 is 21.7 Å². The Morgan fingerprint density at radius 2 is 1.94 bits per heavy atom. The smallest absolute Gasteiger partial charge is 0.144 e. The van der Waals surface area contributed by atoms with E-state index in [-0.39, 0.29) is 0 Å². The number of nitrogens with zero attached hydrogens (tertiary/aromatic N) is 2. The predicted molar refractivity (Wildman–Crippen MR) is 76.3 cm³/mol. The first-order valence-electron chi connectivity index (χ1n) is 5.78. The molecule has 0 saturated heterocycles. The van der Waals surface area contributed by atoms with E-state index in [1.807, 2.05) is 18.2 Å². The van der Waals surface area contributed by atoms with Crippen LogP contribution in [0.5, 0.6) is 0 Å². The number of hydrogen-bond acceptors (Lipinski definition) is 4. The Balaban J connectivity index is 1.86. The Kier molecular flexibility index (Phi) is 4.66. The molecule has 0 spiro atoms. The summed E-state index contributed by atoms with van der Waals surface area (Å²) in [4.78, 5) is 8.33. The van der Waals surface area contributed by atoms with Gasteiger partial charge in [-0.1, -0.05) is 28.1 Å². The van der Waals surface area contributed by atoms with E-state index in [1.54, 1.807) is 6.20 Å². The maximum absolute atomic E-state index is 5.50. The molecule has 1 aromatic heterocycles. The number of aromatic nitrogens is 2. The van der Waals surface area contributed by atoms with Gasteiger partial charge in [0, 0.05) is 17.2 Å². The standard InChI is InChI=1S/C13H15BrN4/c14-11-3-1-10(2-4-11)5-7-16-12-6-8-17-13(9-15)18-12/h1-4,6,8H,5,7,9,15H2,(H,16,17,18). The quantitative estimate of drug-likeness (QED) is 0.890. The highest BCUT2D eigenvalue weighted by Gasteiger charge is 1.97. The number of benzene rings is 1. The SMILES string of the molecule is NCc1nccc(NCCc2ccc(Br)cc2)n1. The molecule has 0 aliphatic heterocycles.